The van der Waals surface area contributed by atoms with Crippen molar-refractivity contribution in [3.8, 4) is 33.8 Å². The Kier molecular flexibility index (Phi) is 3.76. The van der Waals surface area contributed by atoms with E-state index in [0.29, 0.717) is 0 Å². The van der Waals surface area contributed by atoms with E-state index < -0.39 is 0 Å². The molecule has 0 unspecified atom stereocenters. The van der Waals surface area contributed by atoms with Crippen LogP contribution in [0.5, 0.6) is 0 Å². The molecule has 0 radical (unpaired) electrons. The number of hydrogen-bond donors (Lipinski definition) is 1. The third-order valence-corrected chi connectivity index (χ3v) is 4.66. The van der Waals surface area contributed by atoms with Gasteiger partial charge in [0, 0.05) is 16.7 Å². The van der Waals surface area contributed by atoms with Gasteiger partial charge in [0.2, 0.25) is 0 Å². The molecule has 5 aromatic rings. The third kappa shape index (κ3) is 2.89. The van der Waals surface area contributed by atoms with Crippen LogP contribution in [0.1, 0.15) is 0 Å². The fourth-order valence-corrected chi connectivity index (χ4v) is 3.32. The number of aromatic nitrogens is 3. The van der Waals surface area contributed by atoms with Crippen molar-refractivity contribution in [1.82, 2.24) is 15.0 Å². The summed E-state index contributed by atoms with van der Waals surface area (Å²) in [5, 5.41) is 0. The first kappa shape index (κ1) is 15.5. The third-order valence-electron chi connectivity index (χ3n) is 4.66. The summed E-state index contributed by atoms with van der Waals surface area (Å²) in [4.78, 5) is 13.1. The zero-order valence-corrected chi connectivity index (χ0v) is 14.6. The summed E-state index contributed by atoms with van der Waals surface area (Å²) in [5.41, 5.74) is 7.00. The maximum Gasteiger partial charge on any atom is 0.179 e. The molecule has 0 saturated heterocycles. The lowest BCUT2D eigenvalue weighted by Gasteiger charge is -2.07. The fourth-order valence-electron chi connectivity index (χ4n) is 3.32. The molecule has 27 heavy (non-hydrogen) atoms. The molecular weight excluding hydrogens is 330 g/mol. The topological polar surface area (TPSA) is 41.6 Å². The number of fused-ring (bicyclic) bond motifs is 1. The number of nitrogens with zero attached hydrogens (tertiary/aromatic N) is 2. The molecule has 0 bridgehead atoms. The Morgan fingerprint density at radius 1 is 0.556 bits per heavy atom. The molecule has 2 heterocycles. The summed E-state index contributed by atoms with van der Waals surface area (Å²) in [6, 6.07) is 32.9. The van der Waals surface area contributed by atoms with Crippen LogP contribution >= 0.6 is 0 Å². The standard InChI is InChI=1S/C24H17N3/c1-4-10-17(11-5-1)20-16-21(18-12-6-2-7-13-18)25-24-22(20)26-23(27-24)19-14-8-3-9-15-19/h1-16H,(H,25,26,27). The van der Waals surface area contributed by atoms with Gasteiger partial charge in [-0.3, -0.25) is 0 Å². The number of rotatable bonds is 3. The van der Waals surface area contributed by atoms with Crippen molar-refractivity contribution >= 4 is 11.2 Å². The van der Waals surface area contributed by atoms with E-state index in [1.165, 1.54) is 0 Å². The normalized spacial score (nSPS) is 11.0. The summed E-state index contributed by atoms with van der Waals surface area (Å²) >= 11 is 0. The minimum atomic E-state index is 0.731. The Labute approximate surface area is 157 Å². The van der Waals surface area contributed by atoms with Crippen LogP contribution in [0, 0.1) is 0 Å². The first-order valence-electron chi connectivity index (χ1n) is 8.95. The summed E-state index contributed by atoms with van der Waals surface area (Å²) in [7, 11) is 0. The lowest BCUT2D eigenvalue weighted by Crippen LogP contribution is -1.89. The summed E-state index contributed by atoms with van der Waals surface area (Å²) in [6.45, 7) is 0. The van der Waals surface area contributed by atoms with Gasteiger partial charge in [0.15, 0.2) is 5.65 Å². The average Bonchev–Trinajstić information content (AvgIpc) is 3.19. The summed E-state index contributed by atoms with van der Waals surface area (Å²) in [5.74, 6) is 0.834. The second-order valence-electron chi connectivity index (χ2n) is 6.44. The van der Waals surface area contributed by atoms with Crippen molar-refractivity contribution in [2.45, 2.75) is 0 Å². The van der Waals surface area contributed by atoms with Gasteiger partial charge in [-0.25, -0.2) is 9.97 Å². The average molecular weight is 347 g/mol. The van der Waals surface area contributed by atoms with Crippen LogP contribution in [0.2, 0.25) is 0 Å². The highest BCUT2D eigenvalue weighted by atomic mass is 15.0. The monoisotopic (exact) mass is 347 g/mol. The predicted molar refractivity (Wildman–Crippen MR) is 110 cm³/mol. The van der Waals surface area contributed by atoms with Crippen LogP contribution in [0.25, 0.3) is 44.9 Å². The van der Waals surface area contributed by atoms with Gasteiger partial charge < -0.3 is 4.98 Å². The molecule has 3 nitrogen and oxygen atoms in total. The molecule has 0 amide bonds. The van der Waals surface area contributed by atoms with Crippen LogP contribution in [0.4, 0.5) is 0 Å². The molecule has 0 aliphatic rings. The van der Waals surface area contributed by atoms with Crippen molar-refractivity contribution in [1.29, 1.82) is 0 Å². The molecule has 0 aliphatic heterocycles. The van der Waals surface area contributed by atoms with E-state index in [0.717, 1.165) is 44.9 Å². The summed E-state index contributed by atoms with van der Waals surface area (Å²) < 4.78 is 0. The van der Waals surface area contributed by atoms with E-state index in [1.54, 1.807) is 0 Å². The van der Waals surface area contributed by atoms with Gasteiger partial charge in [-0.2, -0.15) is 0 Å². The highest BCUT2D eigenvalue weighted by Gasteiger charge is 2.14. The molecule has 1 N–H and O–H groups in total. The van der Waals surface area contributed by atoms with Crippen LogP contribution < -0.4 is 0 Å². The molecule has 3 heteroatoms. The molecule has 0 atom stereocenters. The van der Waals surface area contributed by atoms with E-state index in [2.05, 4.69) is 59.6 Å². The molecule has 128 valence electrons. The minimum absolute atomic E-state index is 0.731. The quantitative estimate of drug-likeness (QED) is 0.437. The number of nitrogens with one attached hydrogen (secondary N) is 1. The Balaban J connectivity index is 1.78. The smallest absolute Gasteiger partial charge is 0.179 e. The Hall–Kier alpha value is -3.72. The van der Waals surface area contributed by atoms with Gasteiger partial charge in [-0.05, 0) is 11.6 Å². The molecular formula is C24H17N3. The Bertz CT molecular complexity index is 1190. The largest absolute Gasteiger partial charge is 0.336 e. The molecule has 0 aliphatic carbocycles. The van der Waals surface area contributed by atoms with Crippen LogP contribution in [0.15, 0.2) is 97.1 Å². The second-order valence-corrected chi connectivity index (χ2v) is 6.44. The molecule has 2 aromatic heterocycles. The molecule has 0 spiro atoms. The number of imidazole rings is 1. The zero-order chi connectivity index (χ0) is 18.1. The highest BCUT2D eigenvalue weighted by Crippen LogP contribution is 2.32. The molecule has 5 rings (SSSR count). The van der Waals surface area contributed by atoms with Crippen LogP contribution in [0.3, 0.4) is 0 Å². The lowest BCUT2D eigenvalue weighted by atomic mass is 10.0. The first-order chi connectivity index (χ1) is 13.4. The highest BCUT2D eigenvalue weighted by molar-refractivity contribution is 5.94. The van der Waals surface area contributed by atoms with Gasteiger partial charge >= 0.3 is 0 Å². The van der Waals surface area contributed by atoms with Crippen molar-refractivity contribution in [2.24, 2.45) is 0 Å². The number of hydrogen-bond acceptors (Lipinski definition) is 2. The zero-order valence-electron chi connectivity index (χ0n) is 14.6. The lowest BCUT2D eigenvalue weighted by molar-refractivity contribution is 1.30. The molecule has 0 saturated carbocycles. The Morgan fingerprint density at radius 3 is 1.74 bits per heavy atom. The van der Waals surface area contributed by atoms with E-state index in [-0.39, 0.29) is 0 Å². The van der Waals surface area contributed by atoms with Crippen LogP contribution in [-0.2, 0) is 0 Å². The number of benzene rings is 3. The van der Waals surface area contributed by atoms with Crippen molar-refractivity contribution < 1.29 is 0 Å². The number of H-pyrrole nitrogens is 1. The van der Waals surface area contributed by atoms with Crippen molar-refractivity contribution in [3.05, 3.63) is 97.1 Å². The maximum absolute atomic E-state index is 4.84. The fraction of sp³-hybridized carbons (Fsp3) is 0. The van der Waals surface area contributed by atoms with E-state index >= 15 is 0 Å². The Morgan fingerprint density at radius 2 is 1.11 bits per heavy atom. The van der Waals surface area contributed by atoms with Crippen molar-refractivity contribution in [3.63, 3.8) is 0 Å². The number of aromatic amines is 1. The van der Waals surface area contributed by atoms with Gasteiger partial charge in [-0.15, -0.1) is 0 Å². The molecule has 3 aromatic carbocycles. The first-order valence-corrected chi connectivity index (χ1v) is 8.95. The van der Waals surface area contributed by atoms with Gasteiger partial charge in [-0.1, -0.05) is 91.0 Å². The van der Waals surface area contributed by atoms with Gasteiger partial charge in [0.1, 0.15) is 5.82 Å². The number of pyridine rings is 1. The van der Waals surface area contributed by atoms with E-state index in [1.807, 2.05) is 42.5 Å². The van der Waals surface area contributed by atoms with E-state index in [9.17, 15) is 0 Å². The van der Waals surface area contributed by atoms with Gasteiger partial charge in [0.25, 0.3) is 0 Å². The SMILES string of the molecule is c1ccc(-c2cc(-c3ccccc3)c3[nH]c(-c4ccccc4)nc3n2)cc1. The van der Waals surface area contributed by atoms with Crippen LogP contribution in [-0.4, -0.2) is 15.0 Å². The second kappa shape index (κ2) is 6.54. The van der Waals surface area contributed by atoms with Gasteiger partial charge in [0.05, 0.1) is 11.2 Å². The maximum atomic E-state index is 4.84. The minimum Gasteiger partial charge on any atom is -0.336 e. The van der Waals surface area contributed by atoms with E-state index in [4.69, 9.17) is 9.97 Å². The molecule has 0 fully saturated rings. The summed E-state index contributed by atoms with van der Waals surface area (Å²) in [6.07, 6.45) is 0. The predicted octanol–water partition coefficient (Wildman–Crippen LogP) is 5.96. The van der Waals surface area contributed by atoms with Crippen molar-refractivity contribution in [2.75, 3.05) is 0 Å².